The Morgan fingerprint density at radius 3 is 1.97 bits per heavy atom. The first kappa shape index (κ1) is 27.5. The van der Waals surface area contributed by atoms with Crippen molar-refractivity contribution in [1.29, 1.82) is 0 Å². The number of rotatable bonds is 15. The van der Waals surface area contributed by atoms with E-state index in [1.807, 2.05) is 61.5 Å². The van der Waals surface area contributed by atoms with Crippen molar-refractivity contribution < 1.29 is 13.2 Å². The van der Waals surface area contributed by atoms with E-state index in [0.717, 1.165) is 28.9 Å². The van der Waals surface area contributed by atoms with E-state index < -0.39 is 10.0 Å². The predicted octanol–water partition coefficient (Wildman–Crippen LogP) is 7.25. The maximum atomic E-state index is 12.8. The van der Waals surface area contributed by atoms with Gasteiger partial charge in [-0.3, -0.25) is 0 Å². The van der Waals surface area contributed by atoms with Gasteiger partial charge in [0.15, 0.2) is 0 Å². The number of benzene rings is 3. The average molecular weight is 507 g/mol. The summed E-state index contributed by atoms with van der Waals surface area (Å²) in [6, 6.07) is 23.9. The maximum absolute atomic E-state index is 12.8. The summed E-state index contributed by atoms with van der Waals surface area (Å²) >= 11 is 0. The van der Waals surface area contributed by atoms with Crippen LogP contribution < -0.4 is 9.57 Å². The zero-order chi connectivity index (χ0) is 25.6. The molecular formula is C30H38N2O3S. The van der Waals surface area contributed by atoms with Crippen molar-refractivity contribution >= 4 is 15.7 Å². The number of ether oxygens (including phenoxy) is 1. The summed E-state index contributed by atoms with van der Waals surface area (Å²) in [6.07, 6.45) is 10.1. The standard InChI is InChI=1S/C30H38N2O3S/c1-3-4-5-6-7-8-9-13-24-35-28-20-18-27(19-21-28)30(26-14-11-10-12-15-26)31-32-36(33,34)29-22-16-25(2)17-23-29/h10-12,14-23,32H,3-9,13,24H2,1-2H3/b31-30-. The summed E-state index contributed by atoms with van der Waals surface area (Å²) in [7, 11) is -3.79. The number of unbranched alkanes of at least 4 members (excludes halogenated alkanes) is 7. The van der Waals surface area contributed by atoms with E-state index in [1.165, 1.54) is 44.9 Å². The minimum absolute atomic E-state index is 0.175. The second-order valence-corrected chi connectivity index (χ2v) is 10.7. The summed E-state index contributed by atoms with van der Waals surface area (Å²) in [4.78, 5) is 2.58. The molecule has 0 aromatic heterocycles. The normalized spacial score (nSPS) is 11.9. The van der Waals surface area contributed by atoms with Crippen LogP contribution in [0.4, 0.5) is 0 Å². The van der Waals surface area contributed by atoms with Crippen LogP contribution in [0.1, 0.15) is 75.0 Å². The van der Waals surface area contributed by atoms with Crippen LogP contribution in [-0.2, 0) is 10.0 Å². The molecule has 0 aliphatic heterocycles. The average Bonchev–Trinajstić information content (AvgIpc) is 2.89. The van der Waals surface area contributed by atoms with Gasteiger partial charge in [0.2, 0.25) is 0 Å². The van der Waals surface area contributed by atoms with E-state index in [2.05, 4.69) is 16.9 Å². The molecule has 0 amide bonds. The van der Waals surface area contributed by atoms with Crippen molar-refractivity contribution in [2.24, 2.45) is 5.10 Å². The summed E-state index contributed by atoms with van der Waals surface area (Å²) in [6.45, 7) is 4.86. The van der Waals surface area contributed by atoms with Gasteiger partial charge in [0, 0.05) is 11.1 Å². The monoisotopic (exact) mass is 506 g/mol. The Labute approximate surface area is 216 Å². The van der Waals surface area contributed by atoms with Crippen molar-refractivity contribution in [3.8, 4) is 5.75 Å². The number of sulfonamides is 1. The van der Waals surface area contributed by atoms with E-state index in [4.69, 9.17) is 4.74 Å². The van der Waals surface area contributed by atoms with Crippen molar-refractivity contribution in [2.45, 2.75) is 70.1 Å². The third kappa shape index (κ3) is 8.83. The second kappa shape index (κ2) is 14.4. The van der Waals surface area contributed by atoms with Crippen LogP contribution in [0, 0.1) is 6.92 Å². The van der Waals surface area contributed by atoms with Gasteiger partial charge >= 0.3 is 0 Å². The molecule has 3 aromatic rings. The molecule has 0 unspecified atom stereocenters. The molecule has 0 spiro atoms. The molecule has 6 heteroatoms. The van der Waals surface area contributed by atoms with Gasteiger partial charge in [-0.2, -0.15) is 18.4 Å². The summed E-state index contributed by atoms with van der Waals surface area (Å²) in [5.74, 6) is 0.800. The second-order valence-electron chi connectivity index (χ2n) is 9.08. The molecule has 0 atom stereocenters. The number of hydrogen-bond donors (Lipinski definition) is 1. The molecule has 0 saturated heterocycles. The minimum atomic E-state index is -3.79. The Hall–Kier alpha value is -3.12. The van der Waals surface area contributed by atoms with E-state index in [9.17, 15) is 8.42 Å². The molecule has 5 nitrogen and oxygen atoms in total. The summed E-state index contributed by atoms with van der Waals surface area (Å²) < 4.78 is 31.5. The van der Waals surface area contributed by atoms with E-state index in [1.54, 1.807) is 24.3 Å². The van der Waals surface area contributed by atoms with Crippen LogP contribution in [0.3, 0.4) is 0 Å². The van der Waals surface area contributed by atoms with Gasteiger partial charge in [-0.1, -0.05) is 99.9 Å². The number of nitrogens with one attached hydrogen (secondary N) is 1. The smallest absolute Gasteiger partial charge is 0.276 e. The van der Waals surface area contributed by atoms with E-state index in [-0.39, 0.29) is 4.90 Å². The highest BCUT2D eigenvalue weighted by atomic mass is 32.2. The first-order valence-electron chi connectivity index (χ1n) is 12.9. The van der Waals surface area contributed by atoms with E-state index >= 15 is 0 Å². The van der Waals surface area contributed by atoms with Crippen LogP contribution in [0.5, 0.6) is 5.75 Å². The third-order valence-corrected chi connectivity index (χ3v) is 7.27. The van der Waals surface area contributed by atoms with Gasteiger partial charge in [-0.15, -0.1) is 0 Å². The molecule has 0 fully saturated rings. The van der Waals surface area contributed by atoms with Crippen molar-refractivity contribution in [3.63, 3.8) is 0 Å². The lowest BCUT2D eigenvalue weighted by molar-refractivity contribution is 0.304. The molecule has 1 N–H and O–H groups in total. The molecule has 0 bridgehead atoms. The SMILES string of the molecule is CCCCCCCCCCOc1ccc(/C(=N\NS(=O)(=O)c2ccc(C)cc2)c2ccccc2)cc1. The zero-order valence-electron chi connectivity index (χ0n) is 21.4. The maximum Gasteiger partial charge on any atom is 0.276 e. The number of hydrazone groups is 1. The fourth-order valence-electron chi connectivity index (χ4n) is 3.90. The molecule has 0 heterocycles. The van der Waals surface area contributed by atoms with Gasteiger partial charge in [0.1, 0.15) is 5.75 Å². The van der Waals surface area contributed by atoms with Gasteiger partial charge in [-0.05, 0) is 49.7 Å². The lowest BCUT2D eigenvalue weighted by atomic mass is 10.0. The number of hydrogen-bond acceptors (Lipinski definition) is 4. The lowest BCUT2D eigenvalue weighted by Gasteiger charge is -2.11. The van der Waals surface area contributed by atoms with Crippen molar-refractivity contribution in [1.82, 2.24) is 4.83 Å². The Morgan fingerprint density at radius 2 is 1.33 bits per heavy atom. The Morgan fingerprint density at radius 1 is 0.750 bits per heavy atom. The molecule has 36 heavy (non-hydrogen) atoms. The Balaban J connectivity index is 1.62. The lowest BCUT2D eigenvalue weighted by Crippen LogP contribution is -2.21. The zero-order valence-corrected chi connectivity index (χ0v) is 22.3. The molecule has 0 saturated carbocycles. The van der Waals surface area contributed by atoms with Crippen LogP contribution in [0.2, 0.25) is 0 Å². The molecule has 3 rings (SSSR count). The van der Waals surface area contributed by atoms with Crippen LogP contribution in [0.25, 0.3) is 0 Å². The van der Waals surface area contributed by atoms with E-state index in [0.29, 0.717) is 12.3 Å². The molecule has 192 valence electrons. The van der Waals surface area contributed by atoms with Crippen LogP contribution in [-0.4, -0.2) is 20.7 Å². The molecular weight excluding hydrogens is 468 g/mol. The van der Waals surface area contributed by atoms with Gasteiger partial charge in [0.25, 0.3) is 10.0 Å². The highest BCUT2D eigenvalue weighted by Crippen LogP contribution is 2.18. The molecule has 0 aliphatic carbocycles. The topological polar surface area (TPSA) is 67.8 Å². The first-order chi connectivity index (χ1) is 17.5. The predicted molar refractivity (Wildman–Crippen MR) is 148 cm³/mol. The summed E-state index contributed by atoms with van der Waals surface area (Å²) in [5, 5.41) is 4.32. The quantitative estimate of drug-likeness (QED) is 0.134. The van der Waals surface area contributed by atoms with Crippen molar-refractivity contribution in [2.75, 3.05) is 6.61 Å². The third-order valence-electron chi connectivity index (χ3n) is 6.05. The largest absolute Gasteiger partial charge is 0.494 e. The number of aryl methyl sites for hydroxylation is 1. The first-order valence-corrected chi connectivity index (χ1v) is 14.4. The highest BCUT2D eigenvalue weighted by Gasteiger charge is 2.14. The minimum Gasteiger partial charge on any atom is -0.494 e. The van der Waals surface area contributed by atoms with Crippen molar-refractivity contribution in [3.05, 3.63) is 95.6 Å². The van der Waals surface area contributed by atoms with Gasteiger partial charge in [-0.25, -0.2) is 0 Å². The Kier molecular flexibility index (Phi) is 11.0. The fourth-order valence-corrected chi connectivity index (χ4v) is 4.71. The summed E-state index contributed by atoms with van der Waals surface area (Å²) in [5.41, 5.74) is 3.15. The molecule has 0 aliphatic rings. The highest BCUT2D eigenvalue weighted by molar-refractivity contribution is 7.89. The van der Waals surface area contributed by atoms with Crippen LogP contribution >= 0.6 is 0 Å². The molecule has 0 radical (unpaired) electrons. The molecule has 3 aromatic carbocycles. The fraction of sp³-hybridized carbons (Fsp3) is 0.367. The van der Waals surface area contributed by atoms with Gasteiger partial charge < -0.3 is 4.74 Å². The Bertz CT molecular complexity index is 1170. The van der Waals surface area contributed by atoms with Gasteiger partial charge in [0.05, 0.1) is 17.2 Å². The van der Waals surface area contributed by atoms with Crippen LogP contribution in [0.15, 0.2) is 88.9 Å². The number of nitrogens with zero attached hydrogens (tertiary/aromatic N) is 1.